The number of rotatable bonds is 19. The molecule has 29 heteroatoms. The van der Waals surface area contributed by atoms with E-state index in [-0.39, 0.29) is 58.6 Å². The standard InChI is InChI=1S/C54H61FN8O18S2/c1-8-54(75)29-15-34-38-27(17-63(34)47(70)28(29)18-80-51(54)74)36-31(14-13-26-23(4)30(55)16-32(57-38)35(26)36)59-50(73)53(5,6)20-78-21-56-45(68)33(19-79-49-41(66)39(64)40(65)42(81-49)48(71)72)58-46(69)37(22(2)3)60-44(67)25-11-9-24(10-12-25)43-61-52(82-62-43)83(7,76)77/h9-12,15-16,22,31,33,37,39-42,49,64-66,75H,8,13-14,17-21H2,1-7H3,(H,56,68)(H,58,69)(H,59,73)(H,60,67)(H,71,72)/t31-,33-,37-,39-,40-,41+,42-,49+,54-/m0/s1. The summed E-state index contributed by atoms with van der Waals surface area (Å²) in [5.74, 6) is -6.74. The number of aliphatic carboxylic acids is 1. The Labute approximate surface area is 476 Å². The number of cyclic esters (lactones) is 1. The number of benzene rings is 2. The van der Waals surface area contributed by atoms with E-state index in [1.807, 2.05) is 0 Å². The number of amides is 4. The maximum atomic E-state index is 15.6. The van der Waals surface area contributed by atoms with Gasteiger partial charge in [-0.3, -0.25) is 24.0 Å². The van der Waals surface area contributed by atoms with Crippen LogP contribution in [0.2, 0.25) is 0 Å². The van der Waals surface area contributed by atoms with Crippen LogP contribution in [-0.4, -0.2) is 157 Å². The molecule has 5 aromatic rings. The minimum Gasteiger partial charge on any atom is -0.479 e. The molecule has 4 amide bonds. The highest BCUT2D eigenvalue weighted by atomic mass is 32.2. The lowest BCUT2D eigenvalue weighted by Gasteiger charge is -2.38. The summed E-state index contributed by atoms with van der Waals surface area (Å²) in [6.07, 6.45) is -8.61. The molecule has 0 radical (unpaired) electrons. The maximum absolute atomic E-state index is 15.6. The van der Waals surface area contributed by atoms with Crippen molar-refractivity contribution in [1.29, 1.82) is 0 Å². The fraction of sp³-hybridized carbons (Fsp3) is 0.481. The van der Waals surface area contributed by atoms with Gasteiger partial charge in [-0.15, -0.1) is 0 Å². The first-order valence-electron chi connectivity index (χ1n) is 26.3. The van der Waals surface area contributed by atoms with Crippen LogP contribution in [0.4, 0.5) is 4.39 Å². The van der Waals surface area contributed by atoms with E-state index in [1.165, 1.54) is 34.9 Å². The molecule has 0 saturated carbocycles. The number of carboxylic acid groups (broad SMARTS) is 1. The van der Waals surface area contributed by atoms with Gasteiger partial charge in [0.15, 0.2) is 23.8 Å². The first kappa shape index (κ1) is 60.4. The number of aliphatic hydroxyl groups excluding tert-OH is 3. The number of carbonyl (C=O) groups is 6. The number of fused-ring (bicyclic) bond motifs is 5. The molecule has 3 aliphatic heterocycles. The second-order valence-corrected chi connectivity index (χ2v) is 24.8. The van der Waals surface area contributed by atoms with E-state index in [2.05, 4.69) is 30.6 Å². The van der Waals surface area contributed by atoms with Crippen LogP contribution in [0.1, 0.15) is 97.2 Å². The predicted octanol–water partition coefficient (Wildman–Crippen LogP) is 0.517. The van der Waals surface area contributed by atoms with E-state index >= 15 is 4.39 Å². The lowest BCUT2D eigenvalue weighted by atomic mass is 9.81. The lowest BCUT2D eigenvalue weighted by Crippen LogP contribution is -2.61. The van der Waals surface area contributed by atoms with Gasteiger partial charge in [0.1, 0.15) is 49.6 Å². The molecule has 4 aliphatic rings. The maximum Gasteiger partial charge on any atom is 0.343 e. The molecule has 83 heavy (non-hydrogen) atoms. The third kappa shape index (κ3) is 11.5. The lowest BCUT2D eigenvalue weighted by molar-refractivity contribution is -0.294. The average Bonchev–Trinajstić information content (AvgIpc) is 2.00. The van der Waals surface area contributed by atoms with Gasteiger partial charge in [0, 0.05) is 40.0 Å². The van der Waals surface area contributed by atoms with Gasteiger partial charge in [0.05, 0.1) is 53.7 Å². The van der Waals surface area contributed by atoms with Crippen LogP contribution >= 0.6 is 11.5 Å². The third-order valence-electron chi connectivity index (χ3n) is 15.3. The number of aromatic nitrogens is 4. The summed E-state index contributed by atoms with van der Waals surface area (Å²) >= 11 is 0.687. The minimum atomic E-state index is -3.62. The quantitative estimate of drug-likeness (QED) is 0.0303. The summed E-state index contributed by atoms with van der Waals surface area (Å²) in [5, 5.41) is 63.7. The first-order valence-corrected chi connectivity index (χ1v) is 29.0. The fourth-order valence-corrected chi connectivity index (χ4v) is 11.8. The van der Waals surface area contributed by atoms with Crippen LogP contribution in [0.25, 0.3) is 33.7 Å². The van der Waals surface area contributed by atoms with E-state index in [1.54, 1.807) is 47.6 Å². The smallest absolute Gasteiger partial charge is 0.343 e. The largest absolute Gasteiger partial charge is 0.479 e. The zero-order chi connectivity index (χ0) is 60.4. The van der Waals surface area contributed by atoms with Gasteiger partial charge in [-0.1, -0.05) is 32.9 Å². The first-order chi connectivity index (χ1) is 39.1. The molecular formula is C54H61FN8O18S2. The Bertz CT molecular complexity index is 3650. The molecular weight excluding hydrogens is 1130 g/mol. The molecule has 2 aromatic carbocycles. The predicted molar refractivity (Wildman–Crippen MR) is 288 cm³/mol. The van der Waals surface area contributed by atoms with Crippen molar-refractivity contribution >= 4 is 67.8 Å². The Morgan fingerprint density at radius 1 is 0.988 bits per heavy atom. The highest BCUT2D eigenvalue weighted by molar-refractivity contribution is 7.92. The van der Waals surface area contributed by atoms with Crippen molar-refractivity contribution in [3.8, 4) is 22.8 Å². The summed E-state index contributed by atoms with van der Waals surface area (Å²) in [5.41, 5.74) is -0.0836. The molecule has 9 N–H and O–H groups in total. The molecule has 0 bridgehead atoms. The van der Waals surface area contributed by atoms with Gasteiger partial charge in [0.2, 0.25) is 31.9 Å². The van der Waals surface area contributed by atoms with Gasteiger partial charge in [0.25, 0.3) is 11.5 Å². The molecule has 0 spiro atoms. The molecule has 9 rings (SSSR count). The van der Waals surface area contributed by atoms with E-state index in [4.69, 9.17) is 23.9 Å². The number of nitrogens with zero attached hydrogens (tertiary/aromatic N) is 4. The number of esters is 1. The van der Waals surface area contributed by atoms with Crippen LogP contribution in [0.3, 0.4) is 0 Å². The fourth-order valence-electron chi connectivity index (χ4n) is 10.5. The topological polar surface area (TPSA) is 383 Å². The molecule has 1 aliphatic carbocycles. The Balaban J connectivity index is 0.895. The number of sulfone groups is 1. The van der Waals surface area contributed by atoms with Gasteiger partial charge in [-0.25, -0.2) is 32.4 Å². The number of halogens is 1. The van der Waals surface area contributed by atoms with E-state index < -0.39 is 136 Å². The molecule has 9 atom stereocenters. The van der Waals surface area contributed by atoms with Gasteiger partial charge >= 0.3 is 11.9 Å². The molecule has 26 nitrogen and oxygen atoms in total. The number of carbonyl (C=O) groups excluding carboxylic acids is 5. The number of aryl methyl sites for hydroxylation is 1. The van der Waals surface area contributed by atoms with Crippen LogP contribution in [0.5, 0.6) is 0 Å². The highest BCUT2D eigenvalue weighted by Gasteiger charge is 2.49. The highest BCUT2D eigenvalue weighted by Crippen LogP contribution is 2.46. The molecule has 1 fully saturated rings. The van der Waals surface area contributed by atoms with Crippen LogP contribution < -0.4 is 26.8 Å². The van der Waals surface area contributed by atoms with E-state index in [0.717, 1.165) is 6.26 Å². The van der Waals surface area contributed by atoms with Crippen molar-refractivity contribution in [2.24, 2.45) is 11.3 Å². The molecule has 3 aromatic heterocycles. The van der Waals surface area contributed by atoms with E-state index in [0.29, 0.717) is 69.0 Å². The van der Waals surface area contributed by atoms with Crippen molar-refractivity contribution in [3.63, 3.8) is 0 Å². The number of hydrogen-bond acceptors (Lipinski definition) is 21. The number of hydrogen-bond donors (Lipinski definition) is 9. The van der Waals surface area contributed by atoms with Crippen LogP contribution in [0, 0.1) is 24.1 Å². The number of aliphatic hydroxyl groups is 4. The summed E-state index contributed by atoms with van der Waals surface area (Å²) in [6, 6.07) is 4.85. The summed E-state index contributed by atoms with van der Waals surface area (Å²) in [6.45, 7) is 7.50. The van der Waals surface area contributed by atoms with Crippen LogP contribution in [-0.2, 0) is 77.9 Å². The molecule has 444 valence electrons. The van der Waals surface area contributed by atoms with Crippen molar-refractivity contribution in [2.45, 2.75) is 133 Å². The monoisotopic (exact) mass is 1190 g/mol. The second-order valence-electron chi connectivity index (χ2n) is 21.9. The van der Waals surface area contributed by atoms with E-state index in [9.17, 15) is 67.5 Å². The Morgan fingerprint density at radius 3 is 2.35 bits per heavy atom. The van der Waals surface area contributed by atoms with Gasteiger partial charge in [-0.05, 0) is 92.4 Å². The number of nitrogens with one attached hydrogen (secondary N) is 4. The molecule has 0 unspecified atom stereocenters. The second kappa shape index (κ2) is 23.1. The van der Waals surface area contributed by atoms with Crippen LogP contribution in [0.15, 0.2) is 45.5 Å². The number of carboxylic acids is 1. The zero-order valence-electron chi connectivity index (χ0n) is 45.8. The van der Waals surface area contributed by atoms with Gasteiger partial charge < -0.3 is 70.3 Å². The number of ether oxygens (including phenoxy) is 4. The van der Waals surface area contributed by atoms with Crippen molar-refractivity contribution in [3.05, 3.63) is 91.5 Å². The Hall–Kier alpha value is -7.22. The minimum absolute atomic E-state index is 0.00438. The zero-order valence-corrected chi connectivity index (χ0v) is 47.5. The normalized spacial score (nSPS) is 22.6. The summed E-state index contributed by atoms with van der Waals surface area (Å²) < 4.78 is 66.6. The molecule has 6 heterocycles. The molecule has 1 saturated heterocycles. The Kier molecular flexibility index (Phi) is 16.8. The van der Waals surface area contributed by atoms with Crippen molar-refractivity contribution in [1.82, 2.24) is 40.2 Å². The summed E-state index contributed by atoms with van der Waals surface area (Å²) in [4.78, 5) is 104. The van der Waals surface area contributed by atoms with Crippen molar-refractivity contribution < 1.29 is 86.1 Å². The third-order valence-corrected chi connectivity index (χ3v) is 17.7. The van der Waals surface area contributed by atoms with Crippen molar-refractivity contribution in [2.75, 3.05) is 26.2 Å². The Morgan fingerprint density at radius 2 is 1.70 bits per heavy atom. The number of pyridine rings is 2. The summed E-state index contributed by atoms with van der Waals surface area (Å²) in [7, 11) is -3.62. The average molecular weight is 1190 g/mol. The van der Waals surface area contributed by atoms with Gasteiger partial charge in [-0.2, -0.15) is 4.37 Å². The SMILES string of the molecule is CC[C@@]1(O)C(=O)OCc2c1cc1n(c2=O)Cc2c-1nc1cc(F)c(C)c3c1c2[C@@H](NC(=O)C(C)(C)COCNC(=O)[C@H](CO[C@@H]1O[C@H](C(=O)O)[C@@H](O)[C@H](O)[C@H]1O)NC(=O)[C@@H](NC(=O)c1ccc(-c2nsc(S(C)(=O)=O)n2)cc1)C(C)C)CC3.